The summed E-state index contributed by atoms with van der Waals surface area (Å²) in [5.74, 6) is 0.991. The highest BCUT2D eigenvalue weighted by Crippen LogP contribution is 2.34. The fourth-order valence-corrected chi connectivity index (χ4v) is 4.06. The van der Waals surface area contributed by atoms with Gasteiger partial charge in [0.2, 0.25) is 0 Å². The van der Waals surface area contributed by atoms with Crippen LogP contribution in [0.1, 0.15) is 38.8 Å². The van der Waals surface area contributed by atoms with Crippen LogP contribution in [0.2, 0.25) is 0 Å². The van der Waals surface area contributed by atoms with Crippen molar-refractivity contribution in [1.82, 2.24) is 5.32 Å². The number of carbonyl (C=O) groups is 2. The standard InChI is InChI=1S/C26H26N2O4/c1-17-14-20-9-8-18(16-27-25(29)22-6-4-5-7-24(22)32-3)15-23(20)28(17)26(30)19-10-12-21(31-2)13-11-19/h4-13,15,17H,14,16H2,1-3H3,(H,27,29). The second kappa shape index (κ2) is 9.14. The highest BCUT2D eigenvalue weighted by molar-refractivity contribution is 6.08. The molecule has 1 aliphatic heterocycles. The van der Waals surface area contributed by atoms with Crippen molar-refractivity contribution in [2.45, 2.75) is 25.9 Å². The van der Waals surface area contributed by atoms with E-state index in [1.165, 1.54) is 0 Å². The molecule has 1 heterocycles. The van der Waals surface area contributed by atoms with Crippen LogP contribution in [0.4, 0.5) is 5.69 Å². The Kier molecular flexibility index (Phi) is 6.12. The summed E-state index contributed by atoms with van der Waals surface area (Å²) in [6.07, 6.45) is 0.797. The van der Waals surface area contributed by atoms with Crippen LogP contribution in [0.25, 0.3) is 0 Å². The van der Waals surface area contributed by atoms with Gasteiger partial charge in [-0.3, -0.25) is 9.59 Å². The summed E-state index contributed by atoms with van der Waals surface area (Å²) < 4.78 is 10.5. The molecular formula is C26H26N2O4. The monoisotopic (exact) mass is 430 g/mol. The van der Waals surface area contributed by atoms with E-state index >= 15 is 0 Å². The largest absolute Gasteiger partial charge is 0.497 e. The van der Waals surface area contributed by atoms with Crippen molar-refractivity contribution < 1.29 is 19.1 Å². The fraction of sp³-hybridized carbons (Fsp3) is 0.231. The summed E-state index contributed by atoms with van der Waals surface area (Å²) in [5.41, 5.74) is 4.04. The molecule has 2 amide bonds. The number of methoxy groups -OCH3 is 2. The number of para-hydroxylation sites is 1. The predicted molar refractivity (Wildman–Crippen MR) is 124 cm³/mol. The smallest absolute Gasteiger partial charge is 0.258 e. The Hall–Kier alpha value is -3.80. The van der Waals surface area contributed by atoms with Gasteiger partial charge in [-0.2, -0.15) is 0 Å². The number of nitrogens with zero attached hydrogens (tertiary/aromatic N) is 1. The molecule has 1 N–H and O–H groups in total. The first-order valence-electron chi connectivity index (χ1n) is 10.5. The summed E-state index contributed by atoms with van der Waals surface area (Å²) in [7, 11) is 3.14. The van der Waals surface area contributed by atoms with Gasteiger partial charge < -0.3 is 19.7 Å². The van der Waals surface area contributed by atoms with E-state index in [9.17, 15) is 9.59 Å². The number of hydrogen-bond donors (Lipinski definition) is 1. The summed E-state index contributed by atoms with van der Waals surface area (Å²) in [6.45, 7) is 2.40. The summed E-state index contributed by atoms with van der Waals surface area (Å²) in [6, 6.07) is 20.3. The number of amides is 2. The molecule has 1 unspecified atom stereocenters. The van der Waals surface area contributed by atoms with E-state index in [4.69, 9.17) is 9.47 Å². The van der Waals surface area contributed by atoms with Gasteiger partial charge in [-0.05, 0) is 66.9 Å². The van der Waals surface area contributed by atoms with E-state index in [1.807, 2.05) is 36.1 Å². The minimum atomic E-state index is -0.206. The fourth-order valence-electron chi connectivity index (χ4n) is 4.06. The molecule has 6 heteroatoms. The second-order valence-corrected chi connectivity index (χ2v) is 7.80. The van der Waals surface area contributed by atoms with Gasteiger partial charge in [0.1, 0.15) is 11.5 Å². The molecule has 0 saturated heterocycles. The number of rotatable bonds is 6. The summed E-state index contributed by atoms with van der Waals surface area (Å²) in [5, 5.41) is 2.94. The van der Waals surface area contributed by atoms with Crippen LogP contribution in [0.3, 0.4) is 0 Å². The second-order valence-electron chi connectivity index (χ2n) is 7.80. The lowest BCUT2D eigenvalue weighted by atomic mass is 10.1. The Morgan fingerprint density at radius 3 is 2.47 bits per heavy atom. The maximum Gasteiger partial charge on any atom is 0.258 e. The van der Waals surface area contributed by atoms with Gasteiger partial charge in [0.15, 0.2) is 0 Å². The van der Waals surface area contributed by atoms with Gasteiger partial charge in [0.05, 0.1) is 19.8 Å². The molecule has 0 fully saturated rings. The van der Waals surface area contributed by atoms with Gasteiger partial charge in [-0.15, -0.1) is 0 Å². The molecule has 0 aromatic heterocycles. The Morgan fingerprint density at radius 1 is 1.00 bits per heavy atom. The molecule has 32 heavy (non-hydrogen) atoms. The average Bonchev–Trinajstić information content (AvgIpc) is 3.16. The third kappa shape index (κ3) is 4.17. The molecule has 0 aliphatic carbocycles. The van der Waals surface area contributed by atoms with E-state index in [0.29, 0.717) is 29.2 Å². The Morgan fingerprint density at radius 2 is 1.75 bits per heavy atom. The Bertz CT molecular complexity index is 1140. The van der Waals surface area contributed by atoms with Crippen LogP contribution in [-0.4, -0.2) is 32.1 Å². The number of fused-ring (bicyclic) bond motifs is 1. The van der Waals surface area contributed by atoms with Gasteiger partial charge >= 0.3 is 0 Å². The first kappa shape index (κ1) is 21.4. The molecule has 4 rings (SSSR count). The number of benzene rings is 3. The van der Waals surface area contributed by atoms with Crippen LogP contribution in [-0.2, 0) is 13.0 Å². The zero-order chi connectivity index (χ0) is 22.7. The number of anilines is 1. The number of hydrogen-bond acceptors (Lipinski definition) is 4. The van der Waals surface area contributed by atoms with E-state index in [1.54, 1.807) is 56.7 Å². The molecule has 3 aromatic carbocycles. The maximum atomic E-state index is 13.3. The summed E-state index contributed by atoms with van der Waals surface area (Å²) >= 11 is 0. The van der Waals surface area contributed by atoms with Crippen LogP contribution in [0.15, 0.2) is 66.7 Å². The molecule has 0 bridgehead atoms. The summed E-state index contributed by atoms with van der Waals surface area (Å²) in [4.78, 5) is 27.7. The van der Waals surface area contributed by atoms with Gasteiger partial charge in [-0.25, -0.2) is 0 Å². The van der Waals surface area contributed by atoms with Crippen molar-refractivity contribution in [3.63, 3.8) is 0 Å². The normalized spacial score (nSPS) is 14.6. The van der Waals surface area contributed by atoms with Crippen molar-refractivity contribution in [3.05, 3.63) is 89.0 Å². The molecule has 3 aromatic rings. The SMILES string of the molecule is COc1ccc(C(=O)N2c3cc(CNC(=O)c4ccccc4OC)ccc3CC2C)cc1. The number of ether oxygens (including phenoxy) is 2. The van der Waals surface area contributed by atoms with E-state index in [0.717, 1.165) is 23.2 Å². The minimum absolute atomic E-state index is 0.0471. The van der Waals surface area contributed by atoms with E-state index in [2.05, 4.69) is 5.32 Å². The minimum Gasteiger partial charge on any atom is -0.497 e. The molecule has 0 radical (unpaired) electrons. The average molecular weight is 431 g/mol. The number of carbonyl (C=O) groups excluding carboxylic acids is 2. The van der Waals surface area contributed by atoms with E-state index < -0.39 is 0 Å². The third-order valence-electron chi connectivity index (χ3n) is 5.73. The topological polar surface area (TPSA) is 67.9 Å². The molecule has 1 atom stereocenters. The zero-order valence-corrected chi connectivity index (χ0v) is 18.4. The highest BCUT2D eigenvalue weighted by Gasteiger charge is 2.31. The first-order valence-corrected chi connectivity index (χ1v) is 10.5. The quantitative estimate of drug-likeness (QED) is 0.636. The Balaban J connectivity index is 1.52. The van der Waals surface area contributed by atoms with Crippen molar-refractivity contribution in [1.29, 1.82) is 0 Å². The number of nitrogens with one attached hydrogen (secondary N) is 1. The predicted octanol–water partition coefficient (Wildman–Crippen LogP) is 4.23. The van der Waals surface area contributed by atoms with Crippen LogP contribution in [0.5, 0.6) is 11.5 Å². The third-order valence-corrected chi connectivity index (χ3v) is 5.73. The van der Waals surface area contributed by atoms with Gasteiger partial charge in [-0.1, -0.05) is 24.3 Å². The first-order chi connectivity index (χ1) is 15.5. The molecule has 0 spiro atoms. The lowest BCUT2D eigenvalue weighted by Crippen LogP contribution is -2.35. The van der Waals surface area contributed by atoms with Crippen molar-refractivity contribution in [3.8, 4) is 11.5 Å². The van der Waals surface area contributed by atoms with Crippen molar-refractivity contribution in [2.75, 3.05) is 19.1 Å². The maximum absolute atomic E-state index is 13.3. The van der Waals surface area contributed by atoms with E-state index in [-0.39, 0.29) is 17.9 Å². The van der Waals surface area contributed by atoms with Gasteiger partial charge in [0, 0.05) is 23.8 Å². The molecule has 0 saturated carbocycles. The van der Waals surface area contributed by atoms with Crippen molar-refractivity contribution >= 4 is 17.5 Å². The highest BCUT2D eigenvalue weighted by atomic mass is 16.5. The van der Waals surface area contributed by atoms with Crippen molar-refractivity contribution in [2.24, 2.45) is 0 Å². The van der Waals surface area contributed by atoms with Gasteiger partial charge in [0.25, 0.3) is 11.8 Å². The molecule has 6 nitrogen and oxygen atoms in total. The molecule has 164 valence electrons. The van der Waals surface area contributed by atoms with Crippen LogP contribution >= 0.6 is 0 Å². The molecule has 1 aliphatic rings. The Labute approximate surface area is 187 Å². The zero-order valence-electron chi connectivity index (χ0n) is 18.4. The molecular weight excluding hydrogens is 404 g/mol. The lowest BCUT2D eigenvalue weighted by molar-refractivity contribution is 0.0945. The van der Waals surface area contributed by atoms with Crippen LogP contribution < -0.4 is 19.7 Å². The lowest BCUT2D eigenvalue weighted by Gasteiger charge is -2.23. The van der Waals surface area contributed by atoms with Crippen LogP contribution in [0, 0.1) is 0 Å².